The maximum atomic E-state index is 13.7. The molecule has 0 aromatic heterocycles. The molecule has 6 heteroatoms. The normalized spacial score (nSPS) is 11.0. The van der Waals surface area contributed by atoms with Gasteiger partial charge in [0, 0.05) is 11.3 Å². The molecule has 1 N–H and O–H groups in total. The fraction of sp³-hybridized carbons (Fsp3) is 0.120. The van der Waals surface area contributed by atoms with Crippen LogP contribution in [0.5, 0.6) is 5.75 Å². The number of ether oxygens (including phenoxy) is 1. The summed E-state index contributed by atoms with van der Waals surface area (Å²) in [6.45, 7) is 3.88. The summed E-state index contributed by atoms with van der Waals surface area (Å²) in [6, 6.07) is 18.8. The molecule has 0 aliphatic heterocycles. The van der Waals surface area contributed by atoms with Crippen molar-refractivity contribution in [2.45, 2.75) is 20.5 Å². The van der Waals surface area contributed by atoms with Gasteiger partial charge in [0.25, 0.3) is 5.91 Å². The Morgan fingerprint density at radius 2 is 1.94 bits per heavy atom. The average molecular weight is 435 g/mol. The predicted molar refractivity (Wildman–Crippen MR) is 120 cm³/mol. The monoisotopic (exact) mass is 434 g/mol. The van der Waals surface area contributed by atoms with E-state index >= 15 is 0 Å². The fourth-order valence-corrected chi connectivity index (χ4v) is 3.20. The quantitative estimate of drug-likeness (QED) is 0.370. The minimum atomic E-state index is -0.509. The molecule has 0 bridgehead atoms. The van der Waals surface area contributed by atoms with E-state index in [1.54, 1.807) is 42.5 Å². The van der Waals surface area contributed by atoms with Gasteiger partial charge in [0.15, 0.2) is 0 Å². The molecule has 3 aromatic rings. The summed E-state index contributed by atoms with van der Waals surface area (Å²) >= 11 is 6.28. The van der Waals surface area contributed by atoms with Crippen molar-refractivity contribution >= 4 is 29.3 Å². The zero-order valence-electron chi connectivity index (χ0n) is 17.1. The molecule has 0 aliphatic carbocycles. The van der Waals surface area contributed by atoms with Gasteiger partial charge in [0.1, 0.15) is 29.8 Å². The SMILES string of the molecule is Cc1ccc(NC(=O)/C(C#N)=C/c2ccc(OCc3ccccc3F)c(Cl)c2)c(C)c1. The molecule has 0 heterocycles. The summed E-state index contributed by atoms with van der Waals surface area (Å²) in [6.07, 6.45) is 1.45. The number of anilines is 1. The molecule has 0 spiro atoms. The first-order chi connectivity index (χ1) is 14.9. The average Bonchev–Trinajstić information content (AvgIpc) is 2.74. The first kappa shape index (κ1) is 22.1. The van der Waals surface area contributed by atoms with E-state index in [2.05, 4.69) is 5.32 Å². The van der Waals surface area contributed by atoms with E-state index in [1.165, 1.54) is 12.1 Å². The lowest BCUT2D eigenvalue weighted by molar-refractivity contribution is -0.112. The zero-order valence-corrected chi connectivity index (χ0v) is 17.8. The van der Waals surface area contributed by atoms with E-state index in [0.29, 0.717) is 22.6 Å². The van der Waals surface area contributed by atoms with Gasteiger partial charge in [-0.25, -0.2) is 4.39 Å². The predicted octanol–water partition coefficient (Wildman–Crippen LogP) is 6.22. The van der Waals surface area contributed by atoms with Crippen LogP contribution in [0.3, 0.4) is 0 Å². The number of rotatable bonds is 6. The summed E-state index contributed by atoms with van der Waals surface area (Å²) in [5, 5.41) is 12.5. The Morgan fingerprint density at radius 3 is 2.61 bits per heavy atom. The molecule has 3 rings (SSSR count). The molecule has 0 fully saturated rings. The molecule has 1 amide bonds. The van der Waals surface area contributed by atoms with Crippen molar-refractivity contribution in [1.82, 2.24) is 0 Å². The van der Waals surface area contributed by atoms with Crippen LogP contribution in [-0.4, -0.2) is 5.91 Å². The van der Waals surface area contributed by atoms with E-state index in [1.807, 2.05) is 32.0 Å². The van der Waals surface area contributed by atoms with Crippen LogP contribution in [-0.2, 0) is 11.4 Å². The zero-order chi connectivity index (χ0) is 22.4. The number of aryl methyl sites for hydroxylation is 2. The van der Waals surface area contributed by atoms with Crippen LogP contribution in [0.25, 0.3) is 6.08 Å². The summed E-state index contributed by atoms with van der Waals surface area (Å²) < 4.78 is 19.3. The number of hydrogen-bond acceptors (Lipinski definition) is 3. The first-order valence-electron chi connectivity index (χ1n) is 9.53. The Bertz CT molecular complexity index is 1200. The van der Waals surface area contributed by atoms with Crippen molar-refractivity contribution < 1.29 is 13.9 Å². The second kappa shape index (κ2) is 9.92. The number of nitrogens with zero attached hydrogens (tertiary/aromatic N) is 1. The molecule has 4 nitrogen and oxygen atoms in total. The third-order valence-corrected chi connectivity index (χ3v) is 4.90. The summed E-state index contributed by atoms with van der Waals surface area (Å²) in [5.41, 5.74) is 3.55. The van der Waals surface area contributed by atoms with Crippen LogP contribution in [0, 0.1) is 31.0 Å². The third-order valence-electron chi connectivity index (χ3n) is 4.60. The molecule has 0 aliphatic rings. The summed E-state index contributed by atoms with van der Waals surface area (Å²) in [5.74, 6) is -0.488. The van der Waals surface area contributed by atoms with Crippen molar-refractivity contribution in [3.05, 3.63) is 99.3 Å². The van der Waals surface area contributed by atoms with Crippen molar-refractivity contribution in [2.24, 2.45) is 0 Å². The van der Waals surface area contributed by atoms with Crippen LogP contribution < -0.4 is 10.1 Å². The van der Waals surface area contributed by atoms with Crippen LogP contribution in [0.2, 0.25) is 5.02 Å². The number of hydrogen-bond donors (Lipinski definition) is 1. The standard InChI is InChI=1S/C25H20ClFN2O2/c1-16-7-9-23(17(2)11-16)29-25(30)20(14-28)12-18-8-10-24(21(26)13-18)31-15-19-5-3-4-6-22(19)27/h3-13H,15H2,1-2H3,(H,29,30)/b20-12+. The number of carbonyl (C=O) groups is 1. The Labute approximate surface area is 185 Å². The van der Waals surface area contributed by atoms with Crippen LogP contribution in [0.15, 0.2) is 66.2 Å². The number of nitrogens with one attached hydrogen (secondary N) is 1. The highest BCUT2D eigenvalue weighted by atomic mass is 35.5. The number of carbonyl (C=O) groups excluding carboxylic acids is 1. The van der Waals surface area contributed by atoms with E-state index in [4.69, 9.17) is 16.3 Å². The highest BCUT2D eigenvalue weighted by Crippen LogP contribution is 2.28. The van der Waals surface area contributed by atoms with Gasteiger partial charge < -0.3 is 10.1 Å². The molecular weight excluding hydrogens is 415 g/mol. The van der Waals surface area contributed by atoms with E-state index in [0.717, 1.165) is 11.1 Å². The second-order valence-corrected chi connectivity index (χ2v) is 7.42. The summed E-state index contributed by atoms with van der Waals surface area (Å²) in [4.78, 5) is 12.5. The van der Waals surface area contributed by atoms with Crippen molar-refractivity contribution in [3.63, 3.8) is 0 Å². The van der Waals surface area contributed by atoms with Crippen molar-refractivity contribution in [1.29, 1.82) is 5.26 Å². The number of nitriles is 1. The number of benzene rings is 3. The molecule has 0 saturated heterocycles. The van der Waals surface area contributed by atoms with Gasteiger partial charge in [-0.2, -0.15) is 5.26 Å². The molecule has 0 atom stereocenters. The third kappa shape index (κ3) is 5.71. The Kier molecular flexibility index (Phi) is 7.07. The lowest BCUT2D eigenvalue weighted by Gasteiger charge is -2.10. The number of halogens is 2. The van der Waals surface area contributed by atoms with Crippen molar-refractivity contribution in [2.75, 3.05) is 5.32 Å². The molecule has 3 aromatic carbocycles. The maximum absolute atomic E-state index is 13.7. The number of amides is 1. The van der Waals surface area contributed by atoms with Gasteiger partial charge in [-0.05, 0) is 55.3 Å². The van der Waals surface area contributed by atoms with E-state index < -0.39 is 5.91 Å². The molecular formula is C25H20ClFN2O2. The maximum Gasteiger partial charge on any atom is 0.266 e. The lowest BCUT2D eigenvalue weighted by Crippen LogP contribution is -2.14. The van der Waals surface area contributed by atoms with Gasteiger partial charge >= 0.3 is 0 Å². The first-order valence-corrected chi connectivity index (χ1v) is 9.91. The molecule has 0 radical (unpaired) electrons. The van der Waals surface area contributed by atoms with Crippen molar-refractivity contribution in [3.8, 4) is 11.8 Å². The van der Waals surface area contributed by atoms with Crippen LogP contribution >= 0.6 is 11.6 Å². The van der Waals surface area contributed by atoms with Gasteiger partial charge in [0.05, 0.1) is 5.02 Å². The smallest absolute Gasteiger partial charge is 0.266 e. The largest absolute Gasteiger partial charge is 0.487 e. The lowest BCUT2D eigenvalue weighted by atomic mass is 10.1. The van der Waals surface area contributed by atoms with Gasteiger partial charge in [-0.1, -0.05) is 53.6 Å². The second-order valence-electron chi connectivity index (χ2n) is 7.01. The highest BCUT2D eigenvalue weighted by molar-refractivity contribution is 6.32. The Morgan fingerprint density at radius 1 is 1.16 bits per heavy atom. The minimum Gasteiger partial charge on any atom is -0.487 e. The van der Waals surface area contributed by atoms with Crippen LogP contribution in [0.4, 0.5) is 10.1 Å². The van der Waals surface area contributed by atoms with Gasteiger partial charge in [-0.3, -0.25) is 4.79 Å². The Balaban J connectivity index is 1.73. The fourth-order valence-electron chi connectivity index (χ4n) is 2.95. The van der Waals surface area contributed by atoms with Gasteiger partial charge in [-0.15, -0.1) is 0 Å². The topological polar surface area (TPSA) is 62.1 Å². The highest BCUT2D eigenvalue weighted by Gasteiger charge is 2.12. The van der Waals surface area contributed by atoms with E-state index in [9.17, 15) is 14.4 Å². The van der Waals surface area contributed by atoms with Crippen LogP contribution in [0.1, 0.15) is 22.3 Å². The molecule has 0 unspecified atom stereocenters. The minimum absolute atomic E-state index is 0.0311. The molecule has 156 valence electrons. The van der Waals surface area contributed by atoms with E-state index in [-0.39, 0.29) is 23.0 Å². The molecule has 0 saturated carbocycles. The Hall–Kier alpha value is -3.62. The summed E-state index contributed by atoms with van der Waals surface area (Å²) in [7, 11) is 0. The van der Waals surface area contributed by atoms with Gasteiger partial charge in [0.2, 0.25) is 0 Å². The molecule has 31 heavy (non-hydrogen) atoms.